The molecule has 136 valence electrons. The van der Waals surface area contributed by atoms with E-state index in [2.05, 4.69) is 10.6 Å². The van der Waals surface area contributed by atoms with Gasteiger partial charge < -0.3 is 20.5 Å². The summed E-state index contributed by atoms with van der Waals surface area (Å²) in [7, 11) is 1.51. The van der Waals surface area contributed by atoms with Gasteiger partial charge in [-0.1, -0.05) is 36.4 Å². The number of amides is 2. The molecule has 2 amide bonds. The van der Waals surface area contributed by atoms with Crippen molar-refractivity contribution in [1.29, 1.82) is 0 Å². The number of nitrogens with one attached hydrogen (secondary N) is 2. The predicted molar refractivity (Wildman–Crippen MR) is 96.1 cm³/mol. The second kappa shape index (κ2) is 9.22. The molecule has 3 N–H and O–H groups in total. The Morgan fingerprint density at radius 3 is 2.42 bits per heavy atom. The van der Waals surface area contributed by atoms with Crippen LogP contribution in [0.5, 0.6) is 5.75 Å². The second-order valence-corrected chi connectivity index (χ2v) is 5.54. The normalized spacial score (nSPS) is 11.3. The number of hydrogen-bond acceptors (Lipinski definition) is 4. The topological polar surface area (TPSA) is 105 Å². The highest BCUT2D eigenvalue weighted by molar-refractivity contribution is 5.94. The number of carbonyl (C=O) groups excluding carboxylic acids is 2. The van der Waals surface area contributed by atoms with Crippen LogP contribution in [0.2, 0.25) is 0 Å². The molecule has 26 heavy (non-hydrogen) atoms. The molecule has 0 aliphatic rings. The van der Waals surface area contributed by atoms with Crippen molar-refractivity contribution in [2.45, 2.75) is 12.3 Å². The van der Waals surface area contributed by atoms with Crippen molar-refractivity contribution in [3.63, 3.8) is 0 Å². The highest BCUT2D eigenvalue weighted by atomic mass is 16.5. The molecule has 7 heteroatoms. The smallest absolute Gasteiger partial charge is 0.311 e. The van der Waals surface area contributed by atoms with Gasteiger partial charge >= 0.3 is 5.97 Å². The maximum absolute atomic E-state index is 12.2. The Kier molecular flexibility index (Phi) is 6.73. The molecule has 2 aromatic carbocycles. The molecule has 0 spiro atoms. The summed E-state index contributed by atoms with van der Waals surface area (Å²) in [6, 6.07) is 15.2. The van der Waals surface area contributed by atoms with Crippen molar-refractivity contribution in [3.8, 4) is 5.75 Å². The summed E-state index contributed by atoms with van der Waals surface area (Å²) in [6.07, 6.45) is -0.192. The maximum atomic E-state index is 12.2. The quantitative estimate of drug-likeness (QED) is 0.671. The molecule has 0 saturated heterocycles. The number of likely N-dealkylation sites (N-methyl/N-ethyl adjacent to an activating group) is 1. The van der Waals surface area contributed by atoms with Gasteiger partial charge in [0.25, 0.3) is 5.91 Å². The Hall–Kier alpha value is -3.35. The van der Waals surface area contributed by atoms with Crippen molar-refractivity contribution in [1.82, 2.24) is 5.32 Å². The van der Waals surface area contributed by atoms with Crippen LogP contribution in [0, 0.1) is 0 Å². The first-order chi connectivity index (χ1) is 12.5. The number of carboxylic acids is 1. The second-order valence-electron chi connectivity index (χ2n) is 5.54. The Morgan fingerprint density at radius 1 is 1.04 bits per heavy atom. The number of carboxylic acid groups (broad SMARTS) is 1. The molecule has 0 fully saturated rings. The first-order valence-electron chi connectivity index (χ1n) is 8.00. The minimum absolute atomic E-state index is 0.136. The van der Waals surface area contributed by atoms with Gasteiger partial charge in [0.1, 0.15) is 5.75 Å². The molecular weight excluding hydrogens is 336 g/mol. The monoisotopic (exact) mass is 356 g/mol. The van der Waals surface area contributed by atoms with E-state index in [0.717, 1.165) is 0 Å². The average molecular weight is 356 g/mol. The van der Waals surface area contributed by atoms with Gasteiger partial charge in [-0.05, 0) is 17.7 Å². The van der Waals surface area contributed by atoms with Gasteiger partial charge in [-0.25, -0.2) is 0 Å². The third kappa shape index (κ3) is 5.62. The number of aliphatic carboxylic acids is 1. The van der Waals surface area contributed by atoms with E-state index in [9.17, 15) is 19.5 Å². The van der Waals surface area contributed by atoms with E-state index in [0.29, 0.717) is 17.0 Å². The van der Waals surface area contributed by atoms with Crippen LogP contribution in [-0.4, -0.2) is 36.5 Å². The lowest BCUT2D eigenvalue weighted by atomic mass is 9.95. The molecule has 0 saturated carbocycles. The summed E-state index contributed by atoms with van der Waals surface area (Å²) in [6.45, 7) is -0.136. The van der Waals surface area contributed by atoms with Gasteiger partial charge in [-0.2, -0.15) is 0 Å². The summed E-state index contributed by atoms with van der Waals surface area (Å²) >= 11 is 0. The van der Waals surface area contributed by atoms with Crippen LogP contribution in [0.15, 0.2) is 54.6 Å². The summed E-state index contributed by atoms with van der Waals surface area (Å²) < 4.78 is 5.31. The highest BCUT2D eigenvalue weighted by Gasteiger charge is 2.23. The van der Waals surface area contributed by atoms with Crippen LogP contribution in [0.25, 0.3) is 0 Å². The first-order valence-corrected chi connectivity index (χ1v) is 8.00. The van der Waals surface area contributed by atoms with E-state index in [1.54, 1.807) is 54.6 Å². The summed E-state index contributed by atoms with van der Waals surface area (Å²) in [5.41, 5.74) is 1.03. The van der Waals surface area contributed by atoms with Gasteiger partial charge in [0, 0.05) is 25.2 Å². The summed E-state index contributed by atoms with van der Waals surface area (Å²) in [5, 5.41) is 14.5. The van der Waals surface area contributed by atoms with Crippen molar-refractivity contribution < 1.29 is 24.2 Å². The van der Waals surface area contributed by atoms with Crippen LogP contribution < -0.4 is 15.4 Å². The third-order valence-electron chi connectivity index (χ3n) is 3.66. The standard InChI is InChI=1S/C19H20N2O5/c1-20-18(23)12-26-15-9-5-8-14(10-15)21-17(22)11-16(19(24)25)13-6-3-2-4-7-13/h2-10,16H,11-12H2,1H3,(H,20,23)(H,21,22)(H,24,25). The fourth-order valence-corrected chi connectivity index (χ4v) is 2.32. The minimum Gasteiger partial charge on any atom is -0.484 e. The summed E-state index contributed by atoms with van der Waals surface area (Å²) in [4.78, 5) is 34.9. The number of hydrogen-bond donors (Lipinski definition) is 3. The number of ether oxygens (including phenoxy) is 1. The molecule has 0 radical (unpaired) electrons. The molecule has 2 rings (SSSR count). The molecule has 7 nitrogen and oxygen atoms in total. The molecule has 1 unspecified atom stereocenters. The van der Waals surface area contributed by atoms with Crippen molar-refractivity contribution in [2.24, 2.45) is 0 Å². The molecular formula is C19H20N2O5. The van der Waals surface area contributed by atoms with Gasteiger partial charge in [0.05, 0.1) is 5.92 Å². The molecule has 0 heterocycles. The zero-order valence-corrected chi connectivity index (χ0v) is 14.3. The van der Waals surface area contributed by atoms with Crippen molar-refractivity contribution in [2.75, 3.05) is 19.0 Å². The van der Waals surface area contributed by atoms with Crippen LogP contribution in [0.4, 0.5) is 5.69 Å². The number of benzene rings is 2. The van der Waals surface area contributed by atoms with E-state index in [4.69, 9.17) is 4.74 Å². The molecule has 0 aromatic heterocycles. The lowest BCUT2D eigenvalue weighted by Crippen LogP contribution is -2.24. The van der Waals surface area contributed by atoms with Crippen molar-refractivity contribution >= 4 is 23.5 Å². The largest absolute Gasteiger partial charge is 0.484 e. The van der Waals surface area contributed by atoms with Crippen LogP contribution >= 0.6 is 0 Å². The molecule has 1 atom stereocenters. The lowest BCUT2D eigenvalue weighted by Gasteiger charge is -2.13. The van der Waals surface area contributed by atoms with Gasteiger partial charge in [-0.15, -0.1) is 0 Å². The van der Waals surface area contributed by atoms with Gasteiger partial charge in [0.2, 0.25) is 5.91 Å². The van der Waals surface area contributed by atoms with Crippen LogP contribution in [0.3, 0.4) is 0 Å². The fourth-order valence-electron chi connectivity index (χ4n) is 2.32. The Morgan fingerprint density at radius 2 is 1.77 bits per heavy atom. The summed E-state index contributed by atoms with van der Waals surface area (Å²) in [5.74, 6) is -2.27. The fraction of sp³-hybridized carbons (Fsp3) is 0.211. The zero-order chi connectivity index (χ0) is 18.9. The van der Waals surface area contributed by atoms with Crippen molar-refractivity contribution in [3.05, 3.63) is 60.2 Å². The predicted octanol–water partition coefficient (Wildman–Crippen LogP) is 2.01. The van der Waals surface area contributed by atoms with Crippen LogP contribution in [-0.2, 0) is 14.4 Å². The maximum Gasteiger partial charge on any atom is 0.311 e. The van der Waals surface area contributed by atoms with Crippen LogP contribution in [0.1, 0.15) is 17.9 Å². The molecule has 0 aliphatic carbocycles. The Bertz CT molecular complexity index is 777. The van der Waals surface area contributed by atoms with E-state index in [1.807, 2.05) is 0 Å². The Labute approximate surface area is 151 Å². The zero-order valence-electron chi connectivity index (χ0n) is 14.3. The lowest BCUT2D eigenvalue weighted by molar-refractivity contribution is -0.140. The van der Waals surface area contributed by atoms with E-state index in [1.165, 1.54) is 7.05 Å². The van der Waals surface area contributed by atoms with Gasteiger partial charge in [-0.3, -0.25) is 14.4 Å². The van der Waals surface area contributed by atoms with E-state index in [-0.39, 0.29) is 18.9 Å². The third-order valence-corrected chi connectivity index (χ3v) is 3.66. The number of carbonyl (C=O) groups is 3. The minimum atomic E-state index is -1.06. The Balaban J connectivity index is 2.00. The molecule has 2 aromatic rings. The number of rotatable bonds is 8. The molecule has 0 aliphatic heterocycles. The van der Waals surface area contributed by atoms with Gasteiger partial charge in [0.15, 0.2) is 6.61 Å². The highest BCUT2D eigenvalue weighted by Crippen LogP contribution is 2.22. The average Bonchev–Trinajstić information content (AvgIpc) is 2.65. The first kappa shape index (κ1) is 19.0. The SMILES string of the molecule is CNC(=O)COc1cccc(NC(=O)CC(C(=O)O)c2ccccc2)c1. The number of anilines is 1. The molecule has 0 bridgehead atoms. The van der Waals surface area contributed by atoms with E-state index >= 15 is 0 Å². The van der Waals surface area contributed by atoms with E-state index < -0.39 is 17.8 Å².